The van der Waals surface area contributed by atoms with Gasteiger partial charge in [0.15, 0.2) is 5.82 Å². The molecule has 1 atom stereocenters. The van der Waals surface area contributed by atoms with E-state index in [9.17, 15) is 14.3 Å². The van der Waals surface area contributed by atoms with Crippen molar-refractivity contribution in [2.45, 2.75) is 12.5 Å². The highest BCUT2D eigenvalue weighted by Gasteiger charge is 2.23. The molecule has 4 nitrogen and oxygen atoms in total. The minimum Gasteiger partial charge on any atom is -0.387 e. The number of aliphatic hydroxyl groups is 1. The lowest BCUT2D eigenvalue weighted by Gasteiger charge is -2.27. The summed E-state index contributed by atoms with van der Waals surface area (Å²) in [6.07, 6.45) is 0. The van der Waals surface area contributed by atoms with Crippen LogP contribution in [-0.2, 0) is 0 Å². The van der Waals surface area contributed by atoms with Crippen LogP contribution in [-0.4, -0.2) is 48.7 Å². The summed E-state index contributed by atoms with van der Waals surface area (Å²) in [4.78, 5) is 13.6. The van der Waals surface area contributed by atoms with Gasteiger partial charge in [-0.25, -0.2) is 4.39 Å². The van der Waals surface area contributed by atoms with Crippen molar-refractivity contribution in [1.29, 1.82) is 0 Å². The smallest absolute Gasteiger partial charge is 0.254 e. The number of rotatable bonds is 5. The fraction of sp³-hybridized carbons (Fsp3) is 0.462. The van der Waals surface area contributed by atoms with Crippen LogP contribution in [0.2, 0.25) is 5.02 Å². The third-order valence-corrected chi connectivity index (χ3v) is 2.77. The highest BCUT2D eigenvalue weighted by molar-refractivity contribution is 6.31. The molecule has 2 N–H and O–H groups in total. The predicted molar refractivity (Wildman–Crippen MR) is 72.9 cm³/mol. The molecule has 1 amide bonds. The van der Waals surface area contributed by atoms with E-state index in [1.807, 2.05) is 14.1 Å². The van der Waals surface area contributed by atoms with Gasteiger partial charge in [0.25, 0.3) is 5.91 Å². The minimum atomic E-state index is -1.09. The molecule has 0 aliphatic heterocycles. The molecule has 6 heteroatoms. The fourth-order valence-electron chi connectivity index (χ4n) is 1.78. The monoisotopic (exact) mass is 288 g/mol. The molecule has 0 aliphatic carbocycles. The lowest BCUT2D eigenvalue weighted by Crippen LogP contribution is -2.47. The zero-order valence-electron chi connectivity index (χ0n) is 11.2. The Hall–Kier alpha value is -1.17. The molecule has 0 saturated heterocycles. The third-order valence-electron chi connectivity index (χ3n) is 2.48. The van der Waals surface area contributed by atoms with Gasteiger partial charge in [0, 0.05) is 13.1 Å². The Labute approximate surface area is 117 Å². The van der Waals surface area contributed by atoms with E-state index in [-0.39, 0.29) is 17.1 Å². The van der Waals surface area contributed by atoms with Gasteiger partial charge >= 0.3 is 0 Å². The molecule has 1 aromatic carbocycles. The first-order chi connectivity index (χ1) is 8.73. The van der Waals surface area contributed by atoms with Gasteiger partial charge in [0.05, 0.1) is 16.2 Å². The summed E-state index contributed by atoms with van der Waals surface area (Å²) in [7, 11) is 3.62. The summed E-state index contributed by atoms with van der Waals surface area (Å²) < 4.78 is 13.6. The van der Waals surface area contributed by atoms with Gasteiger partial charge in [-0.1, -0.05) is 17.7 Å². The van der Waals surface area contributed by atoms with Crippen molar-refractivity contribution in [2.75, 3.05) is 27.2 Å². The van der Waals surface area contributed by atoms with E-state index in [4.69, 9.17) is 11.6 Å². The molecule has 0 saturated carbocycles. The van der Waals surface area contributed by atoms with Crippen molar-refractivity contribution in [2.24, 2.45) is 0 Å². The summed E-state index contributed by atoms with van der Waals surface area (Å²) >= 11 is 5.61. The molecule has 0 bridgehead atoms. The molecule has 1 aromatic rings. The number of halogens is 2. The summed E-state index contributed by atoms with van der Waals surface area (Å²) in [6, 6.07) is 4.21. The Kier molecular flexibility index (Phi) is 5.29. The average Bonchev–Trinajstić information content (AvgIpc) is 2.28. The summed E-state index contributed by atoms with van der Waals surface area (Å²) in [6.45, 7) is 2.00. The second kappa shape index (κ2) is 6.32. The number of carbonyl (C=O) groups excluding carboxylic acids is 1. The lowest BCUT2D eigenvalue weighted by molar-refractivity contribution is 0.0325. The molecule has 0 radical (unpaired) electrons. The zero-order chi connectivity index (χ0) is 14.6. The van der Waals surface area contributed by atoms with Crippen LogP contribution in [0.5, 0.6) is 0 Å². The van der Waals surface area contributed by atoms with Crippen LogP contribution in [0.15, 0.2) is 18.2 Å². The first-order valence-corrected chi connectivity index (χ1v) is 6.20. The molecular weight excluding hydrogens is 271 g/mol. The van der Waals surface area contributed by atoms with E-state index in [0.717, 1.165) is 0 Å². The molecule has 1 rings (SSSR count). The van der Waals surface area contributed by atoms with Gasteiger partial charge in [0.1, 0.15) is 0 Å². The van der Waals surface area contributed by atoms with Crippen LogP contribution >= 0.6 is 11.6 Å². The van der Waals surface area contributed by atoms with Gasteiger partial charge in [-0.3, -0.25) is 4.79 Å². The lowest BCUT2D eigenvalue weighted by atomic mass is 10.1. The molecule has 0 spiro atoms. The number of benzene rings is 1. The number of hydrogen-bond acceptors (Lipinski definition) is 3. The number of nitrogens with zero attached hydrogens (tertiary/aromatic N) is 1. The number of amides is 1. The standard InChI is InChI=1S/C13H18ClFN2O2/c1-13(19,8-17(2)3)7-16-12(18)9-5-4-6-10(14)11(9)15/h4-6,19H,7-8H2,1-3H3,(H,16,18). The second-order valence-corrected chi connectivity index (χ2v) is 5.43. The van der Waals surface area contributed by atoms with Crippen LogP contribution in [0.1, 0.15) is 17.3 Å². The van der Waals surface area contributed by atoms with E-state index in [2.05, 4.69) is 5.32 Å². The molecule has 106 valence electrons. The highest BCUT2D eigenvalue weighted by Crippen LogP contribution is 2.17. The second-order valence-electron chi connectivity index (χ2n) is 5.02. The third kappa shape index (κ3) is 4.78. The molecule has 0 aliphatic rings. The maximum Gasteiger partial charge on any atom is 0.254 e. The first-order valence-electron chi connectivity index (χ1n) is 5.82. The molecule has 19 heavy (non-hydrogen) atoms. The van der Waals surface area contributed by atoms with Crippen molar-refractivity contribution < 1.29 is 14.3 Å². The van der Waals surface area contributed by atoms with Gasteiger partial charge < -0.3 is 15.3 Å². The van der Waals surface area contributed by atoms with E-state index in [1.54, 1.807) is 11.8 Å². The SMILES string of the molecule is CN(C)CC(C)(O)CNC(=O)c1cccc(Cl)c1F. The topological polar surface area (TPSA) is 52.6 Å². The normalized spacial score (nSPS) is 14.3. The maximum absolute atomic E-state index is 13.6. The van der Waals surface area contributed by atoms with Gasteiger partial charge in [-0.05, 0) is 33.2 Å². The van der Waals surface area contributed by atoms with Crippen molar-refractivity contribution in [3.05, 3.63) is 34.6 Å². The number of hydrogen-bond donors (Lipinski definition) is 2. The molecular formula is C13H18ClFN2O2. The van der Waals surface area contributed by atoms with Gasteiger partial charge in [-0.2, -0.15) is 0 Å². The van der Waals surface area contributed by atoms with Gasteiger partial charge in [-0.15, -0.1) is 0 Å². The van der Waals surface area contributed by atoms with E-state index in [0.29, 0.717) is 6.54 Å². The summed E-state index contributed by atoms with van der Waals surface area (Å²) in [5.41, 5.74) is -1.22. The van der Waals surface area contributed by atoms with Crippen LogP contribution in [0.4, 0.5) is 4.39 Å². The van der Waals surface area contributed by atoms with Crippen molar-refractivity contribution in [3.8, 4) is 0 Å². The minimum absolute atomic E-state index is 0.0238. The Morgan fingerprint density at radius 2 is 2.16 bits per heavy atom. The summed E-state index contributed by atoms with van der Waals surface area (Å²) in [5, 5.41) is 12.4. The van der Waals surface area contributed by atoms with E-state index < -0.39 is 17.3 Å². The van der Waals surface area contributed by atoms with Crippen molar-refractivity contribution in [3.63, 3.8) is 0 Å². The largest absolute Gasteiger partial charge is 0.387 e. The van der Waals surface area contributed by atoms with E-state index >= 15 is 0 Å². The predicted octanol–water partition coefficient (Wildman–Crippen LogP) is 1.52. The van der Waals surface area contributed by atoms with Crippen LogP contribution in [0.3, 0.4) is 0 Å². The molecule has 0 fully saturated rings. The van der Waals surface area contributed by atoms with Gasteiger partial charge in [0.2, 0.25) is 0 Å². The number of nitrogens with one attached hydrogen (secondary N) is 1. The quantitative estimate of drug-likeness (QED) is 0.864. The van der Waals surface area contributed by atoms with E-state index in [1.165, 1.54) is 18.2 Å². The maximum atomic E-state index is 13.6. The van der Waals surface area contributed by atoms with Crippen LogP contribution in [0.25, 0.3) is 0 Å². The first kappa shape index (κ1) is 15.9. The Bertz CT molecular complexity index is 464. The Morgan fingerprint density at radius 1 is 1.53 bits per heavy atom. The van der Waals surface area contributed by atoms with Crippen molar-refractivity contribution >= 4 is 17.5 Å². The molecule has 0 heterocycles. The van der Waals surface area contributed by atoms with Crippen LogP contribution < -0.4 is 5.32 Å². The fourth-order valence-corrected chi connectivity index (χ4v) is 1.96. The van der Waals surface area contributed by atoms with Crippen LogP contribution in [0, 0.1) is 5.82 Å². The molecule has 1 unspecified atom stereocenters. The Morgan fingerprint density at radius 3 is 2.74 bits per heavy atom. The molecule has 0 aromatic heterocycles. The van der Waals surface area contributed by atoms with Crippen molar-refractivity contribution in [1.82, 2.24) is 10.2 Å². The number of likely N-dealkylation sites (N-methyl/N-ethyl adjacent to an activating group) is 1. The zero-order valence-corrected chi connectivity index (χ0v) is 12.0. The Balaban J connectivity index is 2.68. The highest BCUT2D eigenvalue weighted by atomic mass is 35.5. The summed E-state index contributed by atoms with van der Waals surface area (Å²) in [5.74, 6) is -1.35. The average molecular weight is 289 g/mol. The number of carbonyl (C=O) groups is 1.